The van der Waals surface area contributed by atoms with Gasteiger partial charge < -0.3 is 25.2 Å². The molecule has 0 fully saturated rings. The van der Waals surface area contributed by atoms with Gasteiger partial charge in [0.05, 0.1) is 0 Å². The van der Waals surface area contributed by atoms with Crippen molar-refractivity contribution in [2.45, 2.75) is 12.5 Å². The Bertz CT molecular complexity index is 809. The lowest BCUT2D eigenvalue weighted by molar-refractivity contribution is -0.131. The minimum Gasteiger partial charge on any atom is -0.504 e. The van der Waals surface area contributed by atoms with E-state index < -0.39 is 12.1 Å². The van der Waals surface area contributed by atoms with E-state index in [1.54, 1.807) is 12.1 Å². The SMILES string of the molecule is O=C(O)/C=C/c1ccc(O)c2c1CC(c1ccc(O)c(O)c1)O2. The zero-order chi connectivity index (χ0) is 16.6. The molecular weight excluding hydrogens is 300 g/mol. The van der Waals surface area contributed by atoms with Crippen molar-refractivity contribution in [3.05, 3.63) is 53.1 Å². The second kappa shape index (κ2) is 5.57. The van der Waals surface area contributed by atoms with Gasteiger partial charge in [0, 0.05) is 18.1 Å². The first kappa shape index (κ1) is 14.8. The number of carboxylic acids is 1. The summed E-state index contributed by atoms with van der Waals surface area (Å²) in [4.78, 5) is 10.7. The molecular formula is C17H14O6. The molecule has 0 bridgehead atoms. The van der Waals surface area contributed by atoms with E-state index in [0.29, 0.717) is 28.9 Å². The highest BCUT2D eigenvalue weighted by Crippen LogP contribution is 2.45. The lowest BCUT2D eigenvalue weighted by Gasteiger charge is -2.12. The third-order valence-electron chi connectivity index (χ3n) is 3.70. The predicted molar refractivity (Wildman–Crippen MR) is 81.6 cm³/mol. The quantitative estimate of drug-likeness (QED) is 0.512. The van der Waals surface area contributed by atoms with Crippen LogP contribution in [0.4, 0.5) is 0 Å². The fourth-order valence-corrected chi connectivity index (χ4v) is 2.59. The van der Waals surface area contributed by atoms with E-state index in [1.165, 1.54) is 24.3 Å². The molecule has 4 N–H and O–H groups in total. The number of aliphatic carboxylic acids is 1. The molecule has 1 unspecified atom stereocenters. The van der Waals surface area contributed by atoms with E-state index in [-0.39, 0.29) is 17.2 Å². The summed E-state index contributed by atoms with van der Waals surface area (Å²) in [6.07, 6.45) is 2.43. The molecule has 0 aromatic heterocycles. The van der Waals surface area contributed by atoms with Crippen molar-refractivity contribution >= 4 is 12.0 Å². The Hall–Kier alpha value is -3.15. The number of phenolic OH excluding ortho intramolecular Hbond substituents is 3. The Labute approximate surface area is 131 Å². The summed E-state index contributed by atoms with van der Waals surface area (Å²) in [6.45, 7) is 0. The molecule has 0 saturated heterocycles. The van der Waals surface area contributed by atoms with Gasteiger partial charge in [0.1, 0.15) is 6.10 Å². The van der Waals surface area contributed by atoms with Gasteiger partial charge in [0.2, 0.25) is 0 Å². The van der Waals surface area contributed by atoms with Crippen LogP contribution in [0.2, 0.25) is 0 Å². The summed E-state index contributed by atoms with van der Waals surface area (Å²) in [5, 5.41) is 37.7. The van der Waals surface area contributed by atoms with Crippen LogP contribution in [0.1, 0.15) is 22.8 Å². The van der Waals surface area contributed by atoms with Gasteiger partial charge in [-0.25, -0.2) is 4.79 Å². The number of phenols is 3. The molecule has 1 heterocycles. The summed E-state index contributed by atoms with van der Waals surface area (Å²) in [6, 6.07) is 7.44. The highest BCUT2D eigenvalue weighted by Gasteiger charge is 2.29. The number of aromatic hydroxyl groups is 3. The van der Waals surface area contributed by atoms with E-state index in [1.807, 2.05) is 0 Å². The predicted octanol–water partition coefficient (Wildman–Crippen LogP) is 2.58. The Morgan fingerprint density at radius 1 is 1.09 bits per heavy atom. The number of hydrogen-bond acceptors (Lipinski definition) is 5. The number of ether oxygens (including phenoxy) is 1. The first-order valence-electron chi connectivity index (χ1n) is 6.90. The van der Waals surface area contributed by atoms with Gasteiger partial charge >= 0.3 is 5.97 Å². The fourth-order valence-electron chi connectivity index (χ4n) is 2.59. The number of carbonyl (C=O) groups is 1. The molecule has 1 atom stereocenters. The molecule has 0 saturated carbocycles. The lowest BCUT2D eigenvalue weighted by Crippen LogP contribution is -2.02. The maximum absolute atomic E-state index is 10.7. The Kier molecular flexibility index (Phi) is 3.57. The maximum Gasteiger partial charge on any atom is 0.328 e. The summed E-state index contributed by atoms with van der Waals surface area (Å²) in [5.74, 6) is -1.27. The van der Waals surface area contributed by atoms with Gasteiger partial charge in [-0.3, -0.25) is 0 Å². The van der Waals surface area contributed by atoms with E-state index in [9.17, 15) is 20.1 Å². The molecule has 0 spiro atoms. The zero-order valence-electron chi connectivity index (χ0n) is 11.9. The Balaban J connectivity index is 1.96. The van der Waals surface area contributed by atoms with Crippen LogP contribution >= 0.6 is 0 Å². The summed E-state index contributed by atoms with van der Waals surface area (Å²) >= 11 is 0. The first-order valence-corrected chi connectivity index (χ1v) is 6.90. The second-order valence-electron chi connectivity index (χ2n) is 5.21. The van der Waals surface area contributed by atoms with Gasteiger partial charge in [-0.1, -0.05) is 12.1 Å². The lowest BCUT2D eigenvalue weighted by atomic mass is 9.98. The molecule has 0 amide bonds. The molecule has 0 aliphatic carbocycles. The number of benzene rings is 2. The van der Waals surface area contributed by atoms with Crippen LogP contribution in [0.3, 0.4) is 0 Å². The van der Waals surface area contributed by atoms with Gasteiger partial charge in [-0.15, -0.1) is 0 Å². The molecule has 1 aliphatic rings. The molecule has 23 heavy (non-hydrogen) atoms. The van der Waals surface area contributed by atoms with Crippen molar-refractivity contribution < 1.29 is 30.0 Å². The number of fused-ring (bicyclic) bond motifs is 1. The van der Waals surface area contributed by atoms with Gasteiger partial charge in [0.15, 0.2) is 23.0 Å². The molecule has 118 valence electrons. The van der Waals surface area contributed by atoms with E-state index in [2.05, 4.69) is 0 Å². The summed E-state index contributed by atoms with van der Waals surface area (Å²) in [5.41, 5.74) is 1.98. The fraction of sp³-hybridized carbons (Fsp3) is 0.118. The first-order chi connectivity index (χ1) is 11.0. The monoisotopic (exact) mass is 314 g/mol. The average Bonchev–Trinajstić information content (AvgIpc) is 2.95. The van der Waals surface area contributed by atoms with E-state index >= 15 is 0 Å². The second-order valence-corrected chi connectivity index (χ2v) is 5.21. The average molecular weight is 314 g/mol. The smallest absolute Gasteiger partial charge is 0.328 e. The van der Waals surface area contributed by atoms with Crippen LogP contribution in [0.15, 0.2) is 36.4 Å². The Morgan fingerprint density at radius 3 is 2.52 bits per heavy atom. The van der Waals surface area contributed by atoms with Crippen molar-refractivity contribution in [1.29, 1.82) is 0 Å². The Morgan fingerprint density at radius 2 is 1.83 bits per heavy atom. The normalized spacial score (nSPS) is 16.3. The minimum atomic E-state index is -1.06. The topological polar surface area (TPSA) is 107 Å². The molecule has 6 nitrogen and oxygen atoms in total. The van der Waals surface area contributed by atoms with Crippen LogP contribution in [0.25, 0.3) is 6.08 Å². The summed E-state index contributed by atoms with van der Waals surface area (Å²) < 4.78 is 5.74. The molecule has 0 radical (unpaired) electrons. The number of carboxylic acid groups (broad SMARTS) is 1. The third kappa shape index (κ3) is 2.78. The molecule has 2 aromatic carbocycles. The third-order valence-corrected chi connectivity index (χ3v) is 3.70. The van der Waals surface area contributed by atoms with Gasteiger partial charge in [-0.05, 0) is 35.4 Å². The summed E-state index contributed by atoms with van der Waals surface area (Å²) in [7, 11) is 0. The van der Waals surface area contributed by atoms with Gasteiger partial charge in [0.25, 0.3) is 0 Å². The number of rotatable bonds is 3. The van der Waals surface area contributed by atoms with Crippen LogP contribution < -0.4 is 4.74 Å². The highest BCUT2D eigenvalue weighted by molar-refractivity contribution is 5.86. The van der Waals surface area contributed by atoms with Crippen LogP contribution in [0.5, 0.6) is 23.0 Å². The minimum absolute atomic E-state index is 0.0297. The van der Waals surface area contributed by atoms with E-state index in [0.717, 1.165) is 6.08 Å². The largest absolute Gasteiger partial charge is 0.504 e. The molecule has 1 aliphatic heterocycles. The molecule has 3 rings (SSSR count). The maximum atomic E-state index is 10.7. The molecule has 6 heteroatoms. The van der Waals surface area contributed by atoms with Gasteiger partial charge in [-0.2, -0.15) is 0 Å². The van der Waals surface area contributed by atoms with Crippen molar-refractivity contribution in [1.82, 2.24) is 0 Å². The standard InChI is InChI=1S/C17H14O6/c18-12-4-2-10(7-14(12)20)15-8-11-9(3-6-16(21)22)1-5-13(19)17(11)23-15/h1-7,15,18-20H,8H2,(H,21,22)/b6-3+. The zero-order valence-corrected chi connectivity index (χ0v) is 11.9. The van der Waals surface area contributed by atoms with Crippen LogP contribution in [-0.2, 0) is 11.2 Å². The molecule has 2 aromatic rings. The van der Waals surface area contributed by atoms with Crippen LogP contribution in [-0.4, -0.2) is 26.4 Å². The highest BCUT2D eigenvalue weighted by atomic mass is 16.5. The van der Waals surface area contributed by atoms with Crippen molar-refractivity contribution in [3.63, 3.8) is 0 Å². The number of hydrogen-bond donors (Lipinski definition) is 4. The van der Waals surface area contributed by atoms with Crippen molar-refractivity contribution in [2.75, 3.05) is 0 Å². The van der Waals surface area contributed by atoms with Crippen LogP contribution in [0, 0.1) is 0 Å². The van der Waals surface area contributed by atoms with E-state index in [4.69, 9.17) is 9.84 Å². The van der Waals surface area contributed by atoms with Crippen molar-refractivity contribution in [2.24, 2.45) is 0 Å². The van der Waals surface area contributed by atoms with Crippen molar-refractivity contribution in [3.8, 4) is 23.0 Å².